The number of carbonyl (C=O) groups is 1. The summed E-state index contributed by atoms with van der Waals surface area (Å²) in [5, 5.41) is 0. The summed E-state index contributed by atoms with van der Waals surface area (Å²) in [6.45, 7) is 0. The van der Waals surface area contributed by atoms with Gasteiger partial charge in [-0.15, -0.1) is 0 Å². The smallest absolute Gasteiger partial charge is 0.253 e. The van der Waals surface area contributed by atoms with Crippen molar-refractivity contribution in [2.45, 2.75) is 0 Å². The number of nitrogens with zero attached hydrogens (tertiary/aromatic N) is 1. The van der Waals surface area contributed by atoms with Gasteiger partial charge in [-0.25, -0.2) is 0 Å². The van der Waals surface area contributed by atoms with E-state index in [1.54, 1.807) is 19.0 Å². The molecule has 0 saturated carbocycles. The summed E-state index contributed by atoms with van der Waals surface area (Å²) in [6.07, 6.45) is 1.93. The van der Waals surface area contributed by atoms with E-state index in [0.29, 0.717) is 5.57 Å². The molecule has 0 N–H and O–H groups in total. The van der Waals surface area contributed by atoms with Gasteiger partial charge in [0, 0.05) is 19.7 Å². The first-order chi connectivity index (χ1) is 9.18. The summed E-state index contributed by atoms with van der Waals surface area (Å²) < 4.78 is 0. The molecule has 0 radical (unpaired) electrons. The number of benzene rings is 2. The maximum absolute atomic E-state index is 12.3. The van der Waals surface area contributed by atoms with E-state index in [-0.39, 0.29) is 5.91 Å². The first-order valence-corrected chi connectivity index (χ1v) is 6.22. The lowest BCUT2D eigenvalue weighted by Gasteiger charge is -2.14. The molecule has 96 valence electrons. The highest BCUT2D eigenvalue weighted by Crippen LogP contribution is 2.19. The lowest BCUT2D eigenvalue weighted by atomic mass is 10.0. The van der Waals surface area contributed by atoms with E-state index >= 15 is 0 Å². The van der Waals surface area contributed by atoms with Gasteiger partial charge in [0.15, 0.2) is 0 Å². The van der Waals surface area contributed by atoms with Gasteiger partial charge in [-0.05, 0) is 17.2 Å². The Kier molecular flexibility index (Phi) is 4.14. The molecule has 0 aliphatic rings. The monoisotopic (exact) mass is 251 g/mol. The molecule has 0 aromatic heterocycles. The fourth-order valence-corrected chi connectivity index (χ4v) is 1.84. The summed E-state index contributed by atoms with van der Waals surface area (Å²) in [6, 6.07) is 19.6. The zero-order chi connectivity index (χ0) is 13.7. The van der Waals surface area contributed by atoms with Gasteiger partial charge in [0.2, 0.25) is 0 Å². The van der Waals surface area contributed by atoms with E-state index in [4.69, 9.17) is 0 Å². The summed E-state index contributed by atoms with van der Waals surface area (Å²) in [5.74, 6) is 0.00931. The number of amides is 1. The normalized spacial score (nSPS) is 11.2. The second kappa shape index (κ2) is 6.01. The third-order valence-electron chi connectivity index (χ3n) is 2.83. The van der Waals surface area contributed by atoms with Crippen LogP contribution in [-0.4, -0.2) is 24.9 Å². The third-order valence-corrected chi connectivity index (χ3v) is 2.83. The zero-order valence-electron chi connectivity index (χ0n) is 11.2. The lowest BCUT2D eigenvalue weighted by Crippen LogP contribution is -2.22. The van der Waals surface area contributed by atoms with Crippen molar-refractivity contribution in [3.63, 3.8) is 0 Å². The first kappa shape index (κ1) is 13.1. The van der Waals surface area contributed by atoms with Gasteiger partial charge < -0.3 is 4.90 Å². The molecule has 2 heteroatoms. The van der Waals surface area contributed by atoms with Crippen molar-refractivity contribution in [2.24, 2.45) is 0 Å². The second-order valence-corrected chi connectivity index (χ2v) is 4.53. The SMILES string of the molecule is CN(C)C(=O)/C(=C/c1ccccc1)c1ccccc1. The average Bonchev–Trinajstić information content (AvgIpc) is 2.46. The van der Waals surface area contributed by atoms with Crippen molar-refractivity contribution in [3.05, 3.63) is 71.8 Å². The highest BCUT2D eigenvalue weighted by atomic mass is 16.2. The lowest BCUT2D eigenvalue weighted by molar-refractivity contribution is -0.122. The topological polar surface area (TPSA) is 20.3 Å². The van der Waals surface area contributed by atoms with Crippen molar-refractivity contribution < 1.29 is 4.79 Å². The largest absolute Gasteiger partial charge is 0.345 e. The predicted molar refractivity (Wildman–Crippen MR) is 79.4 cm³/mol. The Balaban J connectivity index is 2.47. The molecule has 2 rings (SSSR count). The van der Waals surface area contributed by atoms with Crippen LogP contribution in [0.15, 0.2) is 60.7 Å². The summed E-state index contributed by atoms with van der Waals surface area (Å²) in [4.78, 5) is 13.9. The van der Waals surface area contributed by atoms with Gasteiger partial charge in [-0.2, -0.15) is 0 Å². The van der Waals surface area contributed by atoms with Gasteiger partial charge in [-0.3, -0.25) is 4.79 Å². The molecule has 19 heavy (non-hydrogen) atoms. The molecule has 1 amide bonds. The maximum atomic E-state index is 12.3. The molecule has 2 nitrogen and oxygen atoms in total. The van der Waals surface area contributed by atoms with Crippen molar-refractivity contribution in [1.82, 2.24) is 4.90 Å². The number of carbonyl (C=O) groups excluding carboxylic acids is 1. The Morgan fingerprint density at radius 3 is 1.95 bits per heavy atom. The van der Waals surface area contributed by atoms with E-state index < -0.39 is 0 Å². The predicted octanol–water partition coefficient (Wildman–Crippen LogP) is 3.32. The fraction of sp³-hybridized carbons (Fsp3) is 0.118. The highest BCUT2D eigenvalue weighted by Gasteiger charge is 2.13. The van der Waals surface area contributed by atoms with Gasteiger partial charge in [0.25, 0.3) is 5.91 Å². The standard InChI is InChI=1S/C17H17NO/c1-18(2)17(19)16(15-11-7-4-8-12-15)13-14-9-5-3-6-10-14/h3-13H,1-2H3/b16-13+. The van der Waals surface area contributed by atoms with Crippen molar-refractivity contribution >= 4 is 17.6 Å². The zero-order valence-corrected chi connectivity index (χ0v) is 11.2. The van der Waals surface area contributed by atoms with Crippen LogP contribution in [0.1, 0.15) is 11.1 Å². The molecule has 0 atom stereocenters. The summed E-state index contributed by atoms with van der Waals surface area (Å²) >= 11 is 0. The van der Waals surface area contributed by atoms with Crippen LogP contribution in [0.4, 0.5) is 0 Å². The van der Waals surface area contributed by atoms with E-state index in [2.05, 4.69) is 0 Å². The molecular weight excluding hydrogens is 234 g/mol. The van der Waals surface area contributed by atoms with Crippen molar-refractivity contribution in [1.29, 1.82) is 0 Å². The number of rotatable bonds is 3. The summed E-state index contributed by atoms with van der Waals surface area (Å²) in [5.41, 5.74) is 2.67. The van der Waals surface area contributed by atoms with E-state index in [1.807, 2.05) is 66.7 Å². The Morgan fingerprint density at radius 1 is 0.895 bits per heavy atom. The molecule has 0 fully saturated rings. The number of likely N-dealkylation sites (N-methyl/N-ethyl adjacent to an activating group) is 1. The minimum Gasteiger partial charge on any atom is -0.345 e. The maximum Gasteiger partial charge on any atom is 0.253 e. The Labute approximate surface area is 114 Å². The molecule has 0 unspecified atom stereocenters. The van der Waals surface area contributed by atoms with Crippen LogP contribution in [0.2, 0.25) is 0 Å². The summed E-state index contributed by atoms with van der Waals surface area (Å²) in [7, 11) is 3.54. The van der Waals surface area contributed by atoms with Crippen LogP contribution < -0.4 is 0 Å². The second-order valence-electron chi connectivity index (χ2n) is 4.53. The molecule has 0 spiro atoms. The van der Waals surface area contributed by atoms with Gasteiger partial charge in [-0.1, -0.05) is 60.7 Å². The average molecular weight is 251 g/mol. The molecule has 0 aliphatic carbocycles. The Hall–Kier alpha value is -2.35. The van der Waals surface area contributed by atoms with E-state index in [0.717, 1.165) is 11.1 Å². The quantitative estimate of drug-likeness (QED) is 0.605. The first-order valence-electron chi connectivity index (χ1n) is 6.22. The van der Waals surface area contributed by atoms with Gasteiger partial charge in [0.1, 0.15) is 0 Å². The Morgan fingerprint density at radius 2 is 1.42 bits per heavy atom. The van der Waals surface area contributed by atoms with Gasteiger partial charge in [0.05, 0.1) is 0 Å². The highest BCUT2D eigenvalue weighted by molar-refractivity contribution is 6.23. The van der Waals surface area contributed by atoms with Crippen LogP contribution in [0.25, 0.3) is 11.6 Å². The van der Waals surface area contributed by atoms with Crippen LogP contribution >= 0.6 is 0 Å². The molecule has 0 bridgehead atoms. The molecule has 2 aromatic carbocycles. The van der Waals surface area contributed by atoms with Crippen LogP contribution in [-0.2, 0) is 4.79 Å². The Bertz CT molecular complexity index is 571. The van der Waals surface area contributed by atoms with Gasteiger partial charge >= 0.3 is 0 Å². The molecule has 2 aromatic rings. The van der Waals surface area contributed by atoms with Crippen molar-refractivity contribution in [2.75, 3.05) is 14.1 Å². The number of hydrogen-bond acceptors (Lipinski definition) is 1. The minimum absolute atomic E-state index is 0.00931. The molecule has 0 aliphatic heterocycles. The molecule has 0 heterocycles. The van der Waals surface area contributed by atoms with Crippen LogP contribution in [0.5, 0.6) is 0 Å². The van der Waals surface area contributed by atoms with Crippen molar-refractivity contribution in [3.8, 4) is 0 Å². The fourth-order valence-electron chi connectivity index (χ4n) is 1.84. The number of hydrogen-bond donors (Lipinski definition) is 0. The molecular formula is C17H17NO. The minimum atomic E-state index is 0.00931. The van der Waals surface area contributed by atoms with Crippen LogP contribution in [0, 0.1) is 0 Å². The van der Waals surface area contributed by atoms with E-state index in [1.165, 1.54) is 0 Å². The van der Waals surface area contributed by atoms with E-state index in [9.17, 15) is 4.79 Å². The third kappa shape index (κ3) is 3.32. The van der Waals surface area contributed by atoms with Crippen LogP contribution in [0.3, 0.4) is 0 Å². The molecule has 0 saturated heterocycles.